The van der Waals surface area contributed by atoms with Crippen molar-refractivity contribution in [1.82, 2.24) is 0 Å². The molecule has 0 spiro atoms. The Bertz CT molecular complexity index is 97.2. The summed E-state index contributed by atoms with van der Waals surface area (Å²) >= 11 is 0. The molecule has 0 amide bonds. The summed E-state index contributed by atoms with van der Waals surface area (Å²) in [5, 5.41) is 0. The van der Waals surface area contributed by atoms with Crippen molar-refractivity contribution >= 4 is 0 Å². The third-order valence-corrected chi connectivity index (χ3v) is 2.50. The first-order valence-electron chi connectivity index (χ1n) is 6.79. The van der Waals surface area contributed by atoms with Crippen LogP contribution in [0.1, 0.15) is 0 Å². The van der Waals surface area contributed by atoms with Gasteiger partial charge in [0.15, 0.2) is 0 Å². The van der Waals surface area contributed by atoms with E-state index in [0.29, 0.717) is 0 Å². The van der Waals surface area contributed by atoms with Crippen molar-refractivity contribution in [2.45, 2.75) is 0 Å². The molecule has 6 N–H and O–H groups in total. The molecule has 0 aromatic carbocycles. The van der Waals surface area contributed by atoms with Crippen LogP contribution in [0.5, 0.6) is 0 Å². The standard InChI is InChI=1S/C12H24O6.Na/c1-2-14-5-6-16-9-10-18-12-11-17-8-7-15-4-3-13-1;/h1-12H2;/q;+1/p+6. The first-order valence-corrected chi connectivity index (χ1v) is 6.79. The molecule has 0 bridgehead atoms. The summed E-state index contributed by atoms with van der Waals surface area (Å²) in [7, 11) is 0. The van der Waals surface area contributed by atoms with Crippen molar-refractivity contribution in [3.8, 4) is 0 Å². The SMILES string of the molecule is C1C[OH+]CC[OH+]CC[OH+]CC[OH+]CC[OH+]CC[OH+]1.[Na+]. The molecule has 0 unspecified atom stereocenters. The number of aliphatic hydroxyl groups is 12. The van der Waals surface area contributed by atoms with Gasteiger partial charge in [-0.3, -0.25) is 0 Å². The molecule has 1 aliphatic rings. The number of rotatable bonds is 0. The summed E-state index contributed by atoms with van der Waals surface area (Å²) in [4.78, 5) is 0. The van der Waals surface area contributed by atoms with Gasteiger partial charge in [-0.05, 0) is 0 Å². The molecule has 0 aromatic heterocycles. The van der Waals surface area contributed by atoms with E-state index in [1.54, 1.807) is 0 Å². The van der Waals surface area contributed by atoms with Crippen LogP contribution in [0.2, 0.25) is 0 Å². The van der Waals surface area contributed by atoms with Gasteiger partial charge in [-0.2, -0.15) is 0 Å². The largest absolute Gasteiger partial charge is 1.00 e. The fraction of sp³-hybridized carbons (Fsp3) is 1.00. The summed E-state index contributed by atoms with van der Waals surface area (Å²) in [5.41, 5.74) is 0. The Morgan fingerprint density at radius 1 is 0.263 bits per heavy atom. The summed E-state index contributed by atoms with van der Waals surface area (Å²) in [5.74, 6) is 0. The zero-order chi connectivity index (χ0) is 12.7. The molecule has 0 saturated carbocycles. The zero-order valence-corrected chi connectivity index (χ0v) is 14.2. The van der Waals surface area contributed by atoms with Crippen molar-refractivity contribution in [3.05, 3.63) is 0 Å². The Balaban J connectivity index is 0.00000324. The Labute approximate surface area is 137 Å². The monoisotopic (exact) mass is 293 g/mol. The molecule has 0 aliphatic carbocycles. The maximum Gasteiger partial charge on any atom is 1.00 e. The van der Waals surface area contributed by atoms with Crippen LogP contribution >= 0.6 is 0 Å². The van der Waals surface area contributed by atoms with Crippen LogP contribution in [0.25, 0.3) is 0 Å². The van der Waals surface area contributed by atoms with Crippen LogP contribution in [0.3, 0.4) is 0 Å². The minimum Gasteiger partial charge on any atom is -0.422 e. The molecule has 1 heterocycles. The number of ether oxygens (including phenoxy) is 6. The Hall–Kier alpha value is 0.760. The van der Waals surface area contributed by atoms with Crippen LogP contribution in [0, 0.1) is 0 Å². The van der Waals surface area contributed by atoms with Crippen LogP contribution in [-0.4, -0.2) is 108 Å². The van der Waals surface area contributed by atoms with Gasteiger partial charge < -0.3 is 28.4 Å². The Morgan fingerprint density at radius 2 is 0.368 bits per heavy atom. The zero-order valence-electron chi connectivity index (χ0n) is 12.2. The second-order valence-electron chi connectivity index (χ2n) is 4.02. The van der Waals surface area contributed by atoms with Gasteiger partial charge >= 0.3 is 29.6 Å². The van der Waals surface area contributed by atoms with Crippen molar-refractivity contribution < 1.29 is 58.0 Å². The first kappa shape index (κ1) is 19.8. The van der Waals surface area contributed by atoms with E-state index in [0.717, 1.165) is 79.3 Å². The van der Waals surface area contributed by atoms with Gasteiger partial charge in [-0.1, -0.05) is 0 Å². The molecule has 0 radical (unpaired) electrons. The van der Waals surface area contributed by atoms with Crippen LogP contribution in [-0.2, 0) is 0 Å². The normalized spacial score (nSPS) is 22.7. The molecule has 6 nitrogen and oxygen atoms in total. The van der Waals surface area contributed by atoms with Crippen molar-refractivity contribution in [3.63, 3.8) is 0 Å². The summed E-state index contributed by atoms with van der Waals surface area (Å²) in [6.07, 6.45) is 0. The minimum absolute atomic E-state index is 0. The maximum atomic E-state index is 4.37. The van der Waals surface area contributed by atoms with Crippen molar-refractivity contribution in [1.29, 1.82) is 0 Å². The summed E-state index contributed by atoms with van der Waals surface area (Å²) < 4.78 is 26.2. The van der Waals surface area contributed by atoms with Gasteiger partial charge in [0.2, 0.25) is 79.3 Å². The second-order valence-corrected chi connectivity index (χ2v) is 4.02. The summed E-state index contributed by atoms with van der Waals surface area (Å²) in [6.45, 7) is 9.78. The van der Waals surface area contributed by atoms with E-state index in [-0.39, 0.29) is 29.6 Å². The molecule has 0 aromatic rings. The predicted molar refractivity (Wildman–Crippen MR) is 71.7 cm³/mol. The van der Waals surface area contributed by atoms with Crippen molar-refractivity contribution in [2.75, 3.05) is 79.3 Å². The summed E-state index contributed by atoms with van der Waals surface area (Å²) in [6, 6.07) is 0. The van der Waals surface area contributed by atoms with E-state index in [4.69, 9.17) is 0 Å². The van der Waals surface area contributed by atoms with Crippen LogP contribution in [0.4, 0.5) is 0 Å². The molecule has 7 heteroatoms. The van der Waals surface area contributed by atoms with Gasteiger partial charge in [-0.25, -0.2) is 0 Å². The third-order valence-electron chi connectivity index (χ3n) is 2.50. The average molecular weight is 293 g/mol. The molecular formula is C12H30NaO6+7. The first-order chi connectivity index (χ1) is 9.00. The Morgan fingerprint density at radius 3 is 0.474 bits per heavy atom. The van der Waals surface area contributed by atoms with Gasteiger partial charge in [0, 0.05) is 0 Å². The van der Waals surface area contributed by atoms with E-state index in [2.05, 4.69) is 28.4 Å². The molecule has 108 valence electrons. The van der Waals surface area contributed by atoms with E-state index in [1.165, 1.54) is 0 Å². The van der Waals surface area contributed by atoms with E-state index >= 15 is 0 Å². The second kappa shape index (κ2) is 16.8. The molecule has 19 heavy (non-hydrogen) atoms. The molecule has 1 rings (SSSR count). The fourth-order valence-corrected chi connectivity index (χ4v) is 1.52. The number of hydrogen-bond acceptors (Lipinski definition) is 0. The maximum absolute atomic E-state index is 4.37. The fourth-order valence-electron chi connectivity index (χ4n) is 1.52. The number of hydrogen-bond donors (Lipinski definition) is 0. The third kappa shape index (κ3) is 15.0. The molecular weight excluding hydrogens is 263 g/mol. The molecule has 1 saturated heterocycles. The van der Waals surface area contributed by atoms with E-state index in [1.807, 2.05) is 0 Å². The molecule has 1 fully saturated rings. The van der Waals surface area contributed by atoms with Crippen LogP contribution < -0.4 is 29.6 Å². The van der Waals surface area contributed by atoms with Gasteiger partial charge in [0.25, 0.3) is 0 Å². The van der Waals surface area contributed by atoms with E-state index < -0.39 is 0 Å². The quantitative estimate of drug-likeness (QED) is 0.315. The average Bonchev–Trinajstić information content (AvgIpc) is 2.39. The van der Waals surface area contributed by atoms with Crippen molar-refractivity contribution in [2.24, 2.45) is 0 Å². The van der Waals surface area contributed by atoms with Gasteiger partial charge in [0.05, 0.1) is 0 Å². The minimum atomic E-state index is 0. The topological polar surface area (TPSA) is 76.8 Å². The van der Waals surface area contributed by atoms with Gasteiger partial charge in [-0.15, -0.1) is 0 Å². The van der Waals surface area contributed by atoms with Gasteiger partial charge in [0.1, 0.15) is 0 Å². The molecule has 0 atom stereocenters. The Kier molecular flexibility index (Phi) is 17.5. The smallest absolute Gasteiger partial charge is 0.422 e. The predicted octanol–water partition coefficient (Wildman–Crippen LogP) is -5.83. The van der Waals surface area contributed by atoms with E-state index in [9.17, 15) is 0 Å². The molecule has 1 aliphatic heterocycles. The van der Waals surface area contributed by atoms with Crippen LogP contribution in [0.15, 0.2) is 0 Å².